The number of hydrogen-bond donors (Lipinski definition) is 1. The summed E-state index contributed by atoms with van der Waals surface area (Å²) in [5.41, 5.74) is 1.30. The van der Waals surface area contributed by atoms with Crippen LogP contribution in [0.25, 0.3) is 0 Å². The first-order valence-corrected chi connectivity index (χ1v) is 6.03. The van der Waals surface area contributed by atoms with Crippen molar-refractivity contribution < 1.29 is 0 Å². The third kappa shape index (κ3) is 5.43. The zero-order valence-electron chi connectivity index (χ0n) is 10.4. The van der Waals surface area contributed by atoms with Crippen LogP contribution in [0.4, 0.5) is 0 Å². The second-order valence-corrected chi connectivity index (χ2v) is 4.30. The van der Waals surface area contributed by atoms with E-state index in [1.54, 1.807) is 0 Å². The van der Waals surface area contributed by atoms with Crippen molar-refractivity contribution in [2.45, 2.75) is 59.4 Å². The summed E-state index contributed by atoms with van der Waals surface area (Å²) in [4.78, 5) is 0. The molecule has 0 aromatic carbocycles. The molecule has 0 fully saturated rings. The molecule has 84 valence electrons. The second-order valence-electron chi connectivity index (χ2n) is 4.30. The molecule has 0 aromatic heterocycles. The summed E-state index contributed by atoms with van der Waals surface area (Å²) in [6.07, 6.45) is 4.88. The highest BCUT2D eigenvalue weighted by atomic mass is 14.9. The van der Waals surface area contributed by atoms with Crippen molar-refractivity contribution in [3.05, 3.63) is 12.2 Å². The first kappa shape index (κ1) is 13.7. The van der Waals surface area contributed by atoms with Crippen LogP contribution in [-0.4, -0.2) is 12.6 Å². The Morgan fingerprint density at radius 2 is 1.79 bits per heavy atom. The molecule has 0 spiro atoms. The summed E-state index contributed by atoms with van der Waals surface area (Å²) >= 11 is 0. The van der Waals surface area contributed by atoms with Gasteiger partial charge in [-0.1, -0.05) is 39.2 Å². The fourth-order valence-corrected chi connectivity index (χ4v) is 1.97. The molecule has 14 heavy (non-hydrogen) atoms. The summed E-state index contributed by atoms with van der Waals surface area (Å²) in [7, 11) is 0. The molecule has 0 aliphatic rings. The monoisotopic (exact) mass is 197 g/mol. The van der Waals surface area contributed by atoms with E-state index >= 15 is 0 Å². The number of nitrogens with one attached hydrogen (secondary N) is 1. The van der Waals surface area contributed by atoms with Gasteiger partial charge in [0.2, 0.25) is 0 Å². The maximum absolute atomic E-state index is 4.01. The third-order valence-corrected chi connectivity index (χ3v) is 2.84. The summed E-state index contributed by atoms with van der Waals surface area (Å²) in [6.45, 7) is 14.1. The van der Waals surface area contributed by atoms with Gasteiger partial charge in [0.25, 0.3) is 0 Å². The summed E-state index contributed by atoms with van der Waals surface area (Å²) in [5, 5.41) is 3.64. The first-order valence-electron chi connectivity index (χ1n) is 6.03. The molecule has 1 N–H and O–H groups in total. The Labute approximate surface area is 90.0 Å². The van der Waals surface area contributed by atoms with Gasteiger partial charge in [-0.3, -0.25) is 0 Å². The molecule has 0 heterocycles. The first-order chi connectivity index (χ1) is 6.65. The number of rotatable bonds is 8. The van der Waals surface area contributed by atoms with E-state index in [1.165, 1.54) is 24.8 Å². The summed E-state index contributed by atoms with van der Waals surface area (Å²) < 4.78 is 0. The molecule has 0 rings (SSSR count). The Morgan fingerprint density at radius 1 is 1.21 bits per heavy atom. The molecule has 1 unspecified atom stereocenters. The van der Waals surface area contributed by atoms with Crippen molar-refractivity contribution in [2.24, 2.45) is 5.92 Å². The largest absolute Gasteiger partial charge is 0.313 e. The fourth-order valence-electron chi connectivity index (χ4n) is 1.97. The zero-order valence-corrected chi connectivity index (χ0v) is 10.4. The molecule has 0 aliphatic heterocycles. The van der Waals surface area contributed by atoms with Gasteiger partial charge >= 0.3 is 0 Å². The minimum Gasteiger partial charge on any atom is -0.313 e. The van der Waals surface area contributed by atoms with Gasteiger partial charge < -0.3 is 5.32 Å². The third-order valence-electron chi connectivity index (χ3n) is 2.84. The van der Waals surface area contributed by atoms with E-state index in [0.29, 0.717) is 6.04 Å². The highest BCUT2D eigenvalue weighted by Crippen LogP contribution is 2.18. The predicted molar refractivity (Wildman–Crippen MR) is 65.6 cm³/mol. The van der Waals surface area contributed by atoms with Crippen molar-refractivity contribution in [2.75, 3.05) is 6.54 Å². The van der Waals surface area contributed by atoms with Crippen molar-refractivity contribution >= 4 is 0 Å². The van der Waals surface area contributed by atoms with Crippen molar-refractivity contribution in [1.29, 1.82) is 0 Å². The minimum absolute atomic E-state index is 0.641. The molecular weight excluding hydrogens is 170 g/mol. The van der Waals surface area contributed by atoms with Crippen LogP contribution in [0.3, 0.4) is 0 Å². The average Bonchev–Trinajstić information content (AvgIpc) is 2.15. The van der Waals surface area contributed by atoms with E-state index in [2.05, 4.69) is 39.6 Å². The van der Waals surface area contributed by atoms with Crippen LogP contribution in [0, 0.1) is 5.92 Å². The smallest absolute Gasteiger partial charge is 0.0132 e. The van der Waals surface area contributed by atoms with Crippen LogP contribution >= 0.6 is 0 Å². The van der Waals surface area contributed by atoms with Gasteiger partial charge in [0.05, 0.1) is 0 Å². The van der Waals surface area contributed by atoms with E-state index in [-0.39, 0.29) is 0 Å². The van der Waals surface area contributed by atoms with Gasteiger partial charge in [-0.15, -0.1) is 6.58 Å². The van der Waals surface area contributed by atoms with Crippen molar-refractivity contribution in [1.82, 2.24) is 5.32 Å². The lowest BCUT2D eigenvalue weighted by Crippen LogP contribution is -2.36. The van der Waals surface area contributed by atoms with E-state index in [0.717, 1.165) is 18.9 Å². The van der Waals surface area contributed by atoms with Gasteiger partial charge in [-0.2, -0.15) is 0 Å². The highest BCUT2D eigenvalue weighted by molar-refractivity contribution is 4.94. The molecule has 1 atom stereocenters. The quantitative estimate of drug-likeness (QED) is 0.584. The molecule has 0 aromatic rings. The average molecular weight is 197 g/mol. The van der Waals surface area contributed by atoms with Crippen LogP contribution in [0.15, 0.2) is 12.2 Å². The van der Waals surface area contributed by atoms with Crippen LogP contribution in [0.2, 0.25) is 0 Å². The van der Waals surface area contributed by atoms with E-state index in [9.17, 15) is 0 Å². The topological polar surface area (TPSA) is 12.0 Å². The Hall–Kier alpha value is -0.300. The maximum Gasteiger partial charge on any atom is 0.0132 e. The van der Waals surface area contributed by atoms with Crippen LogP contribution in [0.5, 0.6) is 0 Å². The van der Waals surface area contributed by atoms with Gasteiger partial charge in [0.15, 0.2) is 0 Å². The lowest BCUT2D eigenvalue weighted by Gasteiger charge is -2.26. The minimum atomic E-state index is 0.641. The van der Waals surface area contributed by atoms with Crippen LogP contribution < -0.4 is 5.32 Å². The van der Waals surface area contributed by atoms with E-state index in [4.69, 9.17) is 0 Å². The van der Waals surface area contributed by atoms with E-state index < -0.39 is 0 Å². The molecule has 0 bridgehead atoms. The maximum atomic E-state index is 4.01. The van der Waals surface area contributed by atoms with Gasteiger partial charge in [-0.05, 0) is 32.2 Å². The normalized spacial score (nSPS) is 13.2. The molecule has 1 heteroatoms. The zero-order chi connectivity index (χ0) is 11.0. The van der Waals surface area contributed by atoms with Gasteiger partial charge in [0, 0.05) is 6.04 Å². The molecule has 0 radical (unpaired) electrons. The molecule has 1 nitrogen and oxygen atoms in total. The molecule has 0 amide bonds. The van der Waals surface area contributed by atoms with Crippen molar-refractivity contribution in [3.8, 4) is 0 Å². The second kappa shape index (κ2) is 8.05. The Bertz CT molecular complexity index is 147. The van der Waals surface area contributed by atoms with Gasteiger partial charge in [-0.25, -0.2) is 0 Å². The van der Waals surface area contributed by atoms with Gasteiger partial charge in [0.1, 0.15) is 0 Å². The molecular formula is C13H27N. The molecule has 0 aliphatic carbocycles. The number of hydrogen-bond acceptors (Lipinski definition) is 1. The summed E-state index contributed by atoms with van der Waals surface area (Å²) in [5.74, 6) is 0.804. The Kier molecular flexibility index (Phi) is 7.87. The Balaban J connectivity index is 4.12. The Morgan fingerprint density at radius 3 is 2.14 bits per heavy atom. The van der Waals surface area contributed by atoms with Crippen LogP contribution in [-0.2, 0) is 0 Å². The predicted octanol–water partition coefficient (Wildman–Crippen LogP) is 3.76. The van der Waals surface area contributed by atoms with E-state index in [1.807, 2.05) is 0 Å². The molecule has 0 saturated heterocycles. The molecule has 0 saturated carbocycles. The lowest BCUT2D eigenvalue weighted by atomic mass is 9.90. The van der Waals surface area contributed by atoms with Crippen LogP contribution in [0.1, 0.15) is 53.4 Å². The standard InChI is InChI=1S/C13H27N/c1-6-9-14-13(10-11(4)5)12(7-2)8-3/h12-14H,4,6-10H2,1-3,5H3. The highest BCUT2D eigenvalue weighted by Gasteiger charge is 2.17. The van der Waals surface area contributed by atoms with Crippen molar-refractivity contribution in [3.63, 3.8) is 0 Å². The lowest BCUT2D eigenvalue weighted by molar-refractivity contribution is 0.332. The summed E-state index contributed by atoms with van der Waals surface area (Å²) in [6, 6.07) is 0.641. The fraction of sp³-hybridized carbons (Fsp3) is 0.846. The SMILES string of the molecule is C=C(C)CC(NCCC)C(CC)CC.